The van der Waals surface area contributed by atoms with E-state index in [0.29, 0.717) is 11.6 Å². The van der Waals surface area contributed by atoms with Crippen LogP contribution in [-0.2, 0) is 9.53 Å². The third-order valence-corrected chi connectivity index (χ3v) is 4.53. The Morgan fingerprint density at radius 2 is 1.79 bits per heavy atom. The van der Waals surface area contributed by atoms with Crippen LogP contribution in [0, 0.1) is 29.1 Å². The van der Waals surface area contributed by atoms with Crippen LogP contribution in [0.1, 0.15) is 32.6 Å². The summed E-state index contributed by atoms with van der Waals surface area (Å²) in [5.74, 6) is -0.408. The Hall–Kier alpha value is -2.55. The fraction of sp³-hybridized carbons (Fsp3) is 0.318. The third kappa shape index (κ3) is 6.77. The number of aromatic nitrogens is 1. The highest BCUT2D eigenvalue weighted by Gasteiger charge is 2.31. The van der Waals surface area contributed by atoms with Crippen LogP contribution in [0.15, 0.2) is 59.1 Å². The molecule has 0 amide bonds. The van der Waals surface area contributed by atoms with E-state index in [1.54, 1.807) is 36.4 Å². The molecule has 0 fully saturated rings. The van der Waals surface area contributed by atoms with Crippen LogP contribution in [-0.4, -0.2) is 11.0 Å². The Labute approximate surface area is 180 Å². The number of carbonyl (C=O) groups excluding carboxylic acids is 1. The van der Waals surface area contributed by atoms with Crippen LogP contribution >= 0.6 is 23.2 Å². The van der Waals surface area contributed by atoms with Crippen LogP contribution in [0.4, 0.5) is 0 Å². The van der Waals surface area contributed by atoms with Gasteiger partial charge >= 0.3 is 5.97 Å². The predicted molar refractivity (Wildman–Crippen MR) is 112 cm³/mol. The Balaban J connectivity index is 2.18. The van der Waals surface area contributed by atoms with Crippen molar-refractivity contribution in [2.45, 2.75) is 26.9 Å². The molecule has 0 saturated heterocycles. The highest BCUT2D eigenvalue weighted by Crippen LogP contribution is 2.29. The lowest BCUT2D eigenvalue weighted by Gasteiger charge is -2.24. The van der Waals surface area contributed by atoms with Crippen LogP contribution in [0.3, 0.4) is 0 Å². The molecule has 1 aromatic heterocycles. The molecule has 1 heterocycles. The van der Waals surface area contributed by atoms with Gasteiger partial charge in [0.05, 0.1) is 11.6 Å². The van der Waals surface area contributed by atoms with Crippen molar-refractivity contribution in [3.63, 3.8) is 0 Å². The number of rotatable bonds is 8. The van der Waals surface area contributed by atoms with Crippen LogP contribution in [0.25, 0.3) is 0 Å². The van der Waals surface area contributed by atoms with Crippen LogP contribution in [0.5, 0.6) is 11.6 Å². The molecule has 2 rings (SSSR count). The molecule has 2 aromatic rings. The van der Waals surface area contributed by atoms with Gasteiger partial charge in [-0.15, -0.1) is 0 Å². The lowest BCUT2D eigenvalue weighted by molar-refractivity contribution is -0.155. The molecule has 0 N–H and O–H groups in total. The Morgan fingerprint density at radius 1 is 1.10 bits per heavy atom. The average Bonchev–Trinajstić information content (AvgIpc) is 2.66. The minimum atomic E-state index is -1.16. The van der Waals surface area contributed by atoms with E-state index < -0.39 is 18.0 Å². The van der Waals surface area contributed by atoms with Gasteiger partial charge in [0.15, 0.2) is 0 Å². The van der Waals surface area contributed by atoms with Crippen molar-refractivity contribution in [1.29, 1.82) is 5.26 Å². The molecule has 0 saturated carbocycles. The molecule has 0 bridgehead atoms. The number of nitriles is 1. The molecule has 1 aromatic carbocycles. The maximum Gasteiger partial charge on any atom is 0.311 e. The second-order valence-electron chi connectivity index (χ2n) is 6.85. The Kier molecular flexibility index (Phi) is 8.50. The van der Waals surface area contributed by atoms with Gasteiger partial charge in [-0.05, 0) is 30.0 Å². The van der Waals surface area contributed by atoms with Gasteiger partial charge in [0, 0.05) is 6.07 Å². The molecular formula is C22H22Cl2N2O3. The molecule has 0 aliphatic heterocycles. The van der Waals surface area contributed by atoms with Crippen molar-refractivity contribution in [2.24, 2.45) is 17.8 Å². The number of carbonyl (C=O) groups is 1. The normalized spacial score (nSPS) is 13.7. The third-order valence-electron chi connectivity index (χ3n) is 4.28. The summed E-state index contributed by atoms with van der Waals surface area (Å²) >= 11 is 11.5. The van der Waals surface area contributed by atoms with Gasteiger partial charge in [-0.25, -0.2) is 4.98 Å². The minimum Gasteiger partial charge on any atom is -0.440 e. The van der Waals surface area contributed by atoms with Gasteiger partial charge in [0.25, 0.3) is 0 Å². The number of esters is 1. The SMILES string of the molecule is CC(C)C(C(=O)OC(C#N)c1cccc(Oc2ccccc2)n1)C(C)C=C(Cl)Cl. The summed E-state index contributed by atoms with van der Waals surface area (Å²) in [5.41, 5.74) is 0.287. The summed E-state index contributed by atoms with van der Waals surface area (Å²) in [5, 5.41) is 9.55. The van der Waals surface area contributed by atoms with Gasteiger partial charge in [-0.1, -0.05) is 74.3 Å². The van der Waals surface area contributed by atoms with Gasteiger partial charge in [-0.2, -0.15) is 5.26 Å². The minimum absolute atomic E-state index is 0.0403. The van der Waals surface area contributed by atoms with Gasteiger partial charge in [0.2, 0.25) is 12.0 Å². The number of para-hydroxylation sites is 1. The summed E-state index contributed by atoms with van der Waals surface area (Å²) in [6.45, 7) is 5.61. The zero-order valence-electron chi connectivity index (χ0n) is 16.4. The molecule has 0 radical (unpaired) electrons. The molecule has 7 heteroatoms. The highest BCUT2D eigenvalue weighted by atomic mass is 35.5. The van der Waals surface area contributed by atoms with Crippen molar-refractivity contribution in [3.05, 3.63) is 64.8 Å². The van der Waals surface area contributed by atoms with Gasteiger partial charge < -0.3 is 9.47 Å². The van der Waals surface area contributed by atoms with Crippen molar-refractivity contribution in [1.82, 2.24) is 4.98 Å². The molecule has 29 heavy (non-hydrogen) atoms. The largest absolute Gasteiger partial charge is 0.440 e. The quantitative estimate of drug-likeness (QED) is 0.463. The van der Waals surface area contributed by atoms with Crippen molar-refractivity contribution < 1.29 is 14.3 Å². The first kappa shape index (κ1) is 22.7. The number of benzene rings is 1. The second-order valence-corrected chi connectivity index (χ2v) is 7.85. The number of halogens is 2. The molecule has 0 aliphatic rings. The van der Waals surface area contributed by atoms with E-state index in [0.717, 1.165) is 0 Å². The zero-order valence-corrected chi connectivity index (χ0v) is 17.9. The first-order valence-corrected chi connectivity index (χ1v) is 9.90. The molecular weight excluding hydrogens is 411 g/mol. The second kappa shape index (κ2) is 10.8. The monoisotopic (exact) mass is 432 g/mol. The Bertz CT molecular complexity index is 890. The van der Waals surface area contributed by atoms with E-state index in [1.165, 1.54) is 0 Å². The average molecular weight is 433 g/mol. The molecule has 0 aliphatic carbocycles. The molecule has 3 atom stereocenters. The number of hydrogen-bond acceptors (Lipinski definition) is 5. The van der Waals surface area contributed by atoms with Gasteiger partial charge in [0.1, 0.15) is 16.3 Å². The van der Waals surface area contributed by atoms with Gasteiger partial charge in [-0.3, -0.25) is 4.79 Å². The Morgan fingerprint density at radius 3 is 2.38 bits per heavy atom. The maximum absolute atomic E-state index is 12.8. The number of pyridine rings is 1. The zero-order chi connectivity index (χ0) is 21.4. The van der Waals surface area contributed by atoms with E-state index in [-0.39, 0.29) is 22.0 Å². The van der Waals surface area contributed by atoms with E-state index in [1.807, 2.05) is 45.0 Å². The predicted octanol–water partition coefficient (Wildman–Crippen LogP) is 6.21. The number of ether oxygens (including phenoxy) is 2. The summed E-state index contributed by atoms with van der Waals surface area (Å²) in [4.78, 5) is 17.1. The summed E-state index contributed by atoms with van der Waals surface area (Å²) in [7, 11) is 0. The first-order chi connectivity index (χ1) is 13.8. The van der Waals surface area contributed by atoms with Crippen LogP contribution < -0.4 is 4.74 Å². The molecule has 0 spiro atoms. The maximum atomic E-state index is 12.8. The summed E-state index contributed by atoms with van der Waals surface area (Å²) < 4.78 is 11.3. The molecule has 152 valence electrons. The lowest BCUT2D eigenvalue weighted by Crippen LogP contribution is -2.29. The van der Waals surface area contributed by atoms with E-state index in [2.05, 4.69) is 4.98 Å². The molecule has 5 nitrogen and oxygen atoms in total. The summed E-state index contributed by atoms with van der Waals surface area (Å²) in [6, 6.07) is 16.1. The van der Waals surface area contributed by atoms with Crippen LogP contribution in [0.2, 0.25) is 0 Å². The van der Waals surface area contributed by atoms with E-state index >= 15 is 0 Å². The first-order valence-electron chi connectivity index (χ1n) is 9.14. The fourth-order valence-electron chi connectivity index (χ4n) is 2.99. The number of hydrogen-bond donors (Lipinski definition) is 0. The topological polar surface area (TPSA) is 72.2 Å². The number of allylic oxidation sites excluding steroid dienone is 1. The fourth-order valence-corrected chi connectivity index (χ4v) is 3.38. The lowest BCUT2D eigenvalue weighted by atomic mass is 9.84. The molecule has 3 unspecified atom stereocenters. The van der Waals surface area contributed by atoms with E-state index in [4.69, 9.17) is 32.7 Å². The van der Waals surface area contributed by atoms with E-state index in [9.17, 15) is 10.1 Å². The number of nitrogens with zero attached hydrogens (tertiary/aromatic N) is 2. The van der Waals surface area contributed by atoms with Crippen molar-refractivity contribution in [2.75, 3.05) is 0 Å². The van der Waals surface area contributed by atoms with Crippen molar-refractivity contribution >= 4 is 29.2 Å². The van der Waals surface area contributed by atoms with Crippen molar-refractivity contribution in [3.8, 4) is 17.7 Å². The standard InChI is InChI=1S/C22H22Cl2N2O3/c1-14(2)21(15(3)12-19(23)24)22(27)29-18(13-25)17-10-7-11-20(26-17)28-16-8-5-4-6-9-16/h4-12,14-15,18,21H,1-3H3. The smallest absolute Gasteiger partial charge is 0.311 e. The highest BCUT2D eigenvalue weighted by molar-refractivity contribution is 6.55. The summed E-state index contributed by atoms with van der Waals surface area (Å²) in [6.07, 6.45) is 0.425.